The molecule has 1 amide bonds. The number of hydrogen-bond donors (Lipinski definition) is 2. The molecule has 104 valence electrons. The van der Waals surface area contributed by atoms with Crippen LogP contribution in [0.1, 0.15) is 32.3 Å². The van der Waals surface area contributed by atoms with Gasteiger partial charge in [0.1, 0.15) is 0 Å². The van der Waals surface area contributed by atoms with Crippen LogP contribution in [0.15, 0.2) is 30.3 Å². The van der Waals surface area contributed by atoms with Gasteiger partial charge in [-0.1, -0.05) is 44.2 Å². The largest absolute Gasteiger partial charge is 0.479 e. The number of ether oxygens (including phenoxy) is 1. The van der Waals surface area contributed by atoms with Gasteiger partial charge < -0.3 is 15.2 Å². The molecule has 0 bridgehead atoms. The molecule has 0 fully saturated rings. The minimum absolute atomic E-state index is 0.230. The molecule has 5 nitrogen and oxygen atoms in total. The SMILES string of the molecule is CCCOC(=O)N[C@](CC)(C(=O)O)c1ccccc1. The lowest BCUT2D eigenvalue weighted by Crippen LogP contribution is -2.51. The Morgan fingerprint density at radius 1 is 1.26 bits per heavy atom. The molecule has 19 heavy (non-hydrogen) atoms. The zero-order valence-corrected chi connectivity index (χ0v) is 11.2. The molecule has 0 aliphatic rings. The number of aliphatic carboxylic acids is 1. The van der Waals surface area contributed by atoms with Crippen LogP contribution in [0.3, 0.4) is 0 Å². The molecule has 1 aromatic rings. The summed E-state index contributed by atoms with van der Waals surface area (Å²) in [7, 11) is 0. The van der Waals surface area contributed by atoms with Crippen LogP contribution in [0.5, 0.6) is 0 Å². The lowest BCUT2D eigenvalue weighted by Gasteiger charge is -2.29. The smallest absolute Gasteiger partial charge is 0.408 e. The van der Waals surface area contributed by atoms with E-state index in [4.69, 9.17) is 4.74 Å². The van der Waals surface area contributed by atoms with Crippen molar-refractivity contribution in [2.45, 2.75) is 32.2 Å². The summed E-state index contributed by atoms with van der Waals surface area (Å²) in [5, 5.41) is 12.0. The fraction of sp³-hybridized carbons (Fsp3) is 0.429. The summed E-state index contributed by atoms with van der Waals surface area (Å²) in [5.41, 5.74) is -0.926. The summed E-state index contributed by atoms with van der Waals surface area (Å²) >= 11 is 0. The Kier molecular flexibility index (Phi) is 5.36. The summed E-state index contributed by atoms with van der Waals surface area (Å²) in [6, 6.07) is 8.63. The molecule has 0 saturated carbocycles. The number of amides is 1. The fourth-order valence-corrected chi connectivity index (χ4v) is 1.82. The third-order valence-electron chi connectivity index (χ3n) is 2.91. The first-order valence-electron chi connectivity index (χ1n) is 6.30. The molecular formula is C14H19NO4. The highest BCUT2D eigenvalue weighted by Crippen LogP contribution is 2.25. The summed E-state index contributed by atoms with van der Waals surface area (Å²) in [4.78, 5) is 23.2. The molecule has 1 aromatic carbocycles. The number of nitrogens with one attached hydrogen (secondary N) is 1. The molecule has 0 unspecified atom stereocenters. The average Bonchev–Trinajstić information content (AvgIpc) is 2.43. The van der Waals surface area contributed by atoms with Gasteiger partial charge in [-0.05, 0) is 18.4 Å². The van der Waals surface area contributed by atoms with Crippen LogP contribution in [0.2, 0.25) is 0 Å². The van der Waals surface area contributed by atoms with Crippen LogP contribution in [0.4, 0.5) is 4.79 Å². The number of alkyl carbamates (subject to hydrolysis) is 1. The first-order chi connectivity index (χ1) is 9.06. The van der Waals surface area contributed by atoms with Crippen molar-refractivity contribution in [2.75, 3.05) is 6.61 Å². The average molecular weight is 265 g/mol. The van der Waals surface area contributed by atoms with Gasteiger partial charge in [0.15, 0.2) is 5.54 Å². The van der Waals surface area contributed by atoms with E-state index in [-0.39, 0.29) is 13.0 Å². The van der Waals surface area contributed by atoms with E-state index < -0.39 is 17.6 Å². The van der Waals surface area contributed by atoms with Crippen LogP contribution in [-0.2, 0) is 15.1 Å². The molecule has 0 saturated heterocycles. The number of hydrogen-bond acceptors (Lipinski definition) is 3. The van der Waals surface area contributed by atoms with Crippen LogP contribution >= 0.6 is 0 Å². The van der Waals surface area contributed by atoms with E-state index in [1.807, 2.05) is 6.92 Å². The summed E-state index contributed by atoms with van der Waals surface area (Å²) < 4.78 is 4.91. The van der Waals surface area contributed by atoms with Crippen molar-refractivity contribution in [3.05, 3.63) is 35.9 Å². The topological polar surface area (TPSA) is 75.6 Å². The van der Waals surface area contributed by atoms with Crippen LogP contribution < -0.4 is 5.32 Å². The highest BCUT2D eigenvalue weighted by molar-refractivity contribution is 5.85. The molecule has 2 N–H and O–H groups in total. The van der Waals surface area contributed by atoms with E-state index in [1.165, 1.54) is 0 Å². The first-order valence-corrected chi connectivity index (χ1v) is 6.30. The van der Waals surface area contributed by atoms with E-state index in [2.05, 4.69) is 5.32 Å². The minimum atomic E-state index is -1.45. The zero-order chi connectivity index (χ0) is 14.3. The Labute approximate surface area is 112 Å². The van der Waals surface area contributed by atoms with Gasteiger partial charge in [0.05, 0.1) is 6.61 Å². The Balaban J connectivity index is 3.01. The van der Waals surface area contributed by atoms with Crippen molar-refractivity contribution in [2.24, 2.45) is 0 Å². The Hall–Kier alpha value is -2.04. The Morgan fingerprint density at radius 2 is 1.89 bits per heavy atom. The maximum absolute atomic E-state index is 11.7. The van der Waals surface area contributed by atoms with Gasteiger partial charge in [-0.2, -0.15) is 0 Å². The summed E-state index contributed by atoms with van der Waals surface area (Å²) in [6.45, 7) is 3.84. The number of carbonyl (C=O) groups is 2. The van der Waals surface area contributed by atoms with Gasteiger partial charge in [-0.15, -0.1) is 0 Å². The van der Waals surface area contributed by atoms with E-state index in [1.54, 1.807) is 37.3 Å². The van der Waals surface area contributed by atoms with Crippen molar-refractivity contribution in [3.8, 4) is 0 Å². The zero-order valence-electron chi connectivity index (χ0n) is 11.2. The van der Waals surface area contributed by atoms with Crippen LogP contribution in [0, 0.1) is 0 Å². The van der Waals surface area contributed by atoms with E-state index >= 15 is 0 Å². The summed E-state index contributed by atoms with van der Waals surface area (Å²) in [5.74, 6) is -1.10. The molecule has 1 atom stereocenters. The highest BCUT2D eigenvalue weighted by atomic mass is 16.5. The number of carboxylic acid groups (broad SMARTS) is 1. The monoisotopic (exact) mass is 265 g/mol. The van der Waals surface area contributed by atoms with Crippen molar-refractivity contribution >= 4 is 12.1 Å². The second-order valence-electron chi connectivity index (χ2n) is 4.19. The Bertz CT molecular complexity index is 432. The number of carboxylic acids is 1. The van der Waals surface area contributed by atoms with Crippen molar-refractivity contribution in [1.29, 1.82) is 0 Å². The normalized spacial score (nSPS) is 13.4. The van der Waals surface area contributed by atoms with Gasteiger partial charge >= 0.3 is 12.1 Å². The quantitative estimate of drug-likeness (QED) is 0.828. The molecular weight excluding hydrogens is 246 g/mol. The van der Waals surface area contributed by atoms with E-state index in [0.717, 1.165) is 0 Å². The number of rotatable bonds is 6. The standard InChI is InChI=1S/C14H19NO4/c1-3-10-19-13(18)15-14(4-2,12(16)17)11-8-6-5-7-9-11/h5-9H,3-4,10H2,1-2H3,(H,15,18)(H,16,17)/t14-/m0/s1. The number of benzene rings is 1. The first kappa shape index (κ1) is 15.0. The molecule has 0 spiro atoms. The lowest BCUT2D eigenvalue weighted by atomic mass is 9.87. The lowest BCUT2D eigenvalue weighted by molar-refractivity contribution is -0.145. The fourth-order valence-electron chi connectivity index (χ4n) is 1.82. The van der Waals surface area contributed by atoms with Gasteiger partial charge in [0, 0.05) is 0 Å². The Morgan fingerprint density at radius 3 is 2.37 bits per heavy atom. The maximum atomic E-state index is 11.7. The van der Waals surface area contributed by atoms with Gasteiger partial charge in [0.25, 0.3) is 0 Å². The molecule has 0 radical (unpaired) electrons. The molecule has 5 heteroatoms. The van der Waals surface area contributed by atoms with Gasteiger partial charge in [-0.25, -0.2) is 9.59 Å². The number of carbonyl (C=O) groups excluding carboxylic acids is 1. The molecule has 0 heterocycles. The second kappa shape index (κ2) is 6.78. The molecule has 0 aliphatic carbocycles. The molecule has 1 rings (SSSR count). The molecule has 0 aliphatic heterocycles. The van der Waals surface area contributed by atoms with Crippen LogP contribution in [-0.4, -0.2) is 23.8 Å². The van der Waals surface area contributed by atoms with Gasteiger partial charge in [0.2, 0.25) is 0 Å². The maximum Gasteiger partial charge on any atom is 0.408 e. The third-order valence-corrected chi connectivity index (χ3v) is 2.91. The summed E-state index contributed by atoms with van der Waals surface area (Å²) in [6.07, 6.45) is 0.202. The van der Waals surface area contributed by atoms with Crippen molar-refractivity contribution in [1.82, 2.24) is 5.32 Å². The molecule has 0 aromatic heterocycles. The van der Waals surface area contributed by atoms with Crippen molar-refractivity contribution in [3.63, 3.8) is 0 Å². The third kappa shape index (κ3) is 3.47. The van der Waals surface area contributed by atoms with Crippen molar-refractivity contribution < 1.29 is 19.4 Å². The highest BCUT2D eigenvalue weighted by Gasteiger charge is 2.40. The second-order valence-corrected chi connectivity index (χ2v) is 4.19. The van der Waals surface area contributed by atoms with Gasteiger partial charge in [-0.3, -0.25) is 0 Å². The van der Waals surface area contributed by atoms with E-state index in [0.29, 0.717) is 12.0 Å². The predicted octanol–water partition coefficient (Wildman–Crippen LogP) is 2.51. The van der Waals surface area contributed by atoms with E-state index in [9.17, 15) is 14.7 Å². The minimum Gasteiger partial charge on any atom is -0.479 e. The predicted molar refractivity (Wildman–Crippen MR) is 70.8 cm³/mol. The van der Waals surface area contributed by atoms with Crippen LogP contribution in [0.25, 0.3) is 0 Å².